The van der Waals surface area contributed by atoms with E-state index in [9.17, 15) is 4.79 Å². The summed E-state index contributed by atoms with van der Waals surface area (Å²) in [6.07, 6.45) is 3.90. The quantitative estimate of drug-likeness (QED) is 0.706. The van der Waals surface area contributed by atoms with Crippen LogP contribution in [0.15, 0.2) is 41.1 Å². The monoisotopic (exact) mass is 380 g/mol. The van der Waals surface area contributed by atoms with E-state index in [-0.39, 0.29) is 11.9 Å². The lowest BCUT2D eigenvalue weighted by Gasteiger charge is -2.22. The fraction of sp³-hybridized carbons (Fsp3) is 0.400. The van der Waals surface area contributed by atoms with Crippen molar-refractivity contribution >= 4 is 11.7 Å². The number of rotatable bonds is 6. The van der Waals surface area contributed by atoms with Crippen LogP contribution in [-0.4, -0.2) is 37.5 Å². The van der Waals surface area contributed by atoms with Gasteiger partial charge in [0.25, 0.3) is 5.91 Å². The number of carbonyl (C=O) groups excluding carboxylic acids is 1. The van der Waals surface area contributed by atoms with Crippen LogP contribution in [0.5, 0.6) is 0 Å². The highest BCUT2D eigenvalue weighted by atomic mass is 16.5. The van der Waals surface area contributed by atoms with E-state index in [2.05, 4.69) is 25.7 Å². The molecule has 4 rings (SSSR count). The molecule has 146 valence electrons. The zero-order valence-electron chi connectivity index (χ0n) is 16.1. The van der Waals surface area contributed by atoms with E-state index in [1.54, 1.807) is 10.9 Å². The van der Waals surface area contributed by atoms with E-state index in [1.165, 1.54) is 0 Å². The van der Waals surface area contributed by atoms with Gasteiger partial charge in [-0.15, -0.1) is 5.10 Å². The summed E-state index contributed by atoms with van der Waals surface area (Å²) in [6, 6.07) is 9.95. The van der Waals surface area contributed by atoms with Crippen molar-refractivity contribution in [3.63, 3.8) is 0 Å². The molecule has 0 unspecified atom stereocenters. The highest BCUT2D eigenvalue weighted by molar-refractivity contribution is 6.03. The average molecular weight is 380 g/mol. The zero-order chi connectivity index (χ0) is 19.5. The molecule has 8 nitrogen and oxygen atoms in total. The fourth-order valence-electron chi connectivity index (χ4n) is 3.62. The summed E-state index contributed by atoms with van der Waals surface area (Å²) in [6.45, 7) is 6.38. The standard InChI is InChI=1S/C20H24N6O2/c1-3-26-13-19(22-24-26)21-20(27)16-7-4-6-15(11-16)12-25-9-5-8-17(25)18-10-14(2)23-28-18/h4,6-7,10-11,13,17H,3,5,8-9,12H2,1-2H3,(H,21,27)/t17-/m1/s1. The van der Waals surface area contributed by atoms with Gasteiger partial charge < -0.3 is 9.84 Å². The van der Waals surface area contributed by atoms with E-state index in [0.717, 1.165) is 42.9 Å². The van der Waals surface area contributed by atoms with Crippen LogP contribution in [0.4, 0.5) is 5.82 Å². The van der Waals surface area contributed by atoms with Crippen molar-refractivity contribution < 1.29 is 9.32 Å². The summed E-state index contributed by atoms with van der Waals surface area (Å²) >= 11 is 0. The minimum atomic E-state index is -0.186. The second-order valence-electron chi connectivity index (χ2n) is 7.11. The van der Waals surface area contributed by atoms with E-state index in [1.807, 2.05) is 44.2 Å². The van der Waals surface area contributed by atoms with Gasteiger partial charge in [0, 0.05) is 24.7 Å². The predicted molar refractivity (Wildman–Crippen MR) is 104 cm³/mol. The number of likely N-dealkylation sites (tertiary alicyclic amines) is 1. The third-order valence-corrected chi connectivity index (χ3v) is 5.02. The number of aryl methyl sites for hydroxylation is 2. The normalized spacial score (nSPS) is 17.1. The van der Waals surface area contributed by atoms with Crippen LogP contribution < -0.4 is 5.32 Å². The highest BCUT2D eigenvalue weighted by Crippen LogP contribution is 2.33. The van der Waals surface area contributed by atoms with Crippen molar-refractivity contribution in [2.24, 2.45) is 0 Å². The van der Waals surface area contributed by atoms with Crippen LogP contribution in [0.2, 0.25) is 0 Å². The lowest BCUT2D eigenvalue weighted by atomic mass is 10.1. The number of aromatic nitrogens is 4. The van der Waals surface area contributed by atoms with E-state index in [4.69, 9.17) is 4.52 Å². The van der Waals surface area contributed by atoms with Gasteiger partial charge in [-0.25, -0.2) is 0 Å². The fourth-order valence-corrected chi connectivity index (χ4v) is 3.62. The van der Waals surface area contributed by atoms with Crippen LogP contribution >= 0.6 is 0 Å². The van der Waals surface area contributed by atoms with E-state index < -0.39 is 0 Å². The zero-order valence-corrected chi connectivity index (χ0v) is 16.1. The Bertz CT molecular complexity index is 963. The first kappa shape index (κ1) is 18.4. The van der Waals surface area contributed by atoms with Gasteiger partial charge in [0.2, 0.25) is 0 Å². The molecule has 0 saturated carbocycles. The molecule has 28 heavy (non-hydrogen) atoms. The molecule has 3 heterocycles. The Balaban J connectivity index is 1.45. The molecule has 1 saturated heterocycles. The Hall–Kier alpha value is -3.00. The van der Waals surface area contributed by atoms with Crippen LogP contribution in [0, 0.1) is 6.92 Å². The Kier molecular flexibility index (Phi) is 5.21. The first-order valence-electron chi connectivity index (χ1n) is 9.60. The summed E-state index contributed by atoms with van der Waals surface area (Å²) < 4.78 is 7.16. The van der Waals surface area contributed by atoms with Crippen molar-refractivity contribution in [2.75, 3.05) is 11.9 Å². The molecule has 0 radical (unpaired) electrons. The topological polar surface area (TPSA) is 89.1 Å². The highest BCUT2D eigenvalue weighted by Gasteiger charge is 2.29. The molecule has 0 bridgehead atoms. The molecule has 1 fully saturated rings. The second kappa shape index (κ2) is 7.93. The van der Waals surface area contributed by atoms with Crippen molar-refractivity contribution in [1.29, 1.82) is 0 Å². The molecule has 1 N–H and O–H groups in total. The van der Waals surface area contributed by atoms with Crippen LogP contribution in [0.25, 0.3) is 0 Å². The molecule has 1 aliphatic heterocycles. The summed E-state index contributed by atoms with van der Waals surface area (Å²) in [7, 11) is 0. The van der Waals surface area contributed by atoms with Gasteiger partial charge in [-0.3, -0.25) is 14.4 Å². The second-order valence-corrected chi connectivity index (χ2v) is 7.11. The van der Waals surface area contributed by atoms with Crippen molar-refractivity contribution in [3.8, 4) is 0 Å². The number of hydrogen-bond acceptors (Lipinski definition) is 6. The van der Waals surface area contributed by atoms with Crippen LogP contribution in [0.3, 0.4) is 0 Å². The Labute approximate surface area is 163 Å². The number of anilines is 1. The Morgan fingerprint density at radius 3 is 3.00 bits per heavy atom. The van der Waals surface area contributed by atoms with Crippen LogP contribution in [0.1, 0.15) is 53.2 Å². The first-order valence-corrected chi connectivity index (χ1v) is 9.60. The summed E-state index contributed by atoms with van der Waals surface area (Å²) in [5, 5.41) is 14.7. The SMILES string of the molecule is CCn1cc(NC(=O)c2cccc(CN3CCC[C@@H]3c3cc(C)no3)c2)nn1. The third-order valence-electron chi connectivity index (χ3n) is 5.02. The van der Waals surface area contributed by atoms with Crippen molar-refractivity contribution in [3.05, 3.63) is 59.1 Å². The maximum absolute atomic E-state index is 12.6. The molecule has 3 aromatic rings. The molecule has 1 aliphatic rings. The van der Waals surface area contributed by atoms with Crippen molar-refractivity contribution in [2.45, 2.75) is 45.8 Å². The average Bonchev–Trinajstić information content (AvgIpc) is 3.43. The summed E-state index contributed by atoms with van der Waals surface area (Å²) in [4.78, 5) is 14.9. The van der Waals surface area contributed by atoms with E-state index in [0.29, 0.717) is 17.9 Å². The smallest absolute Gasteiger partial charge is 0.256 e. The van der Waals surface area contributed by atoms with Gasteiger partial charge in [-0.1, -0.05) is 22.5 Å². The van der Waals surface area contributed by atoms with Gasteiger partial charge in [0.1, 0.15) is 0 Å². The molecular formula is C20H24N6O2. The van der Waals surface area contributed by atoms with Gasteiger partial charge >= 0.3 is 0 Å². The number of hydrogen-bond donors (Lipinski definition) is 1. The lowest BCUT2D eigenvalue weighted by Crippen LogP contribution is -2.22. The largest absolute Gasteiger partial charge is 0.359 e. The summed E-state index contributed by atoms with van der Waals surface area (Å²) in [5.41, 5.74) is 2.60. The number of nitrogens with one attached hydrogen (secondary N) is 1. The Morgan fingerprint density at radius 1 is 1.36 bits per heavy atom. The van der Waals surface area contributed by atoms with Gasteiger partial charge in [-0.05, 0) is 50.9 Å². The number of amides is 1. The molecule has 8 heteroatoms. The first-order chi connectivity index (χ1) is 13.6. The molecule has 0 aliphatic carbocycles. The van der Waals surface area contributed by atoms with Crippen molar-refractivity contribution in [1.82, 2.24) is 25.1 Å². The third kappa shape index (κ3) is 3.96. The number of benzene rings is 1. The lowest BCUT2D eigenvalue weighted by molar-refractivity contribution is 0.102. The molecular weight excluding hydrogens is 356 g/mol. The molecule has 1 amide bonds. The Morgan fingerprint density at radius 2 is 2.25 bits per heavy atom. The number of nitrogens with zero attached hydrogens (tertiary/aromatic N) is 5. The molecule has 1 aromatic carbocycles. The minimum absolute atomic E-state index is 0.186. The van der Waals surface area contributed by atoms with E-state index >= 15 is 0 Å². The molecule has 1 atom stereocenters. The number of carbonyl (C=O) groups is 1. The summed E-state index contributed by atoms with van der Waals surface area (Å²) in [5.74, 6) is 1.19. The maximum Gasteiger partial charge on any atom is 0.256 e. The van der Waals surface area contributed by atoms with Crippen LogP contribution in [-0.2, 0) is 13.1 Å². The molecule has 2 aromatic heterocycles. The van der Waals surface area contributed by atoms with Gasteiger partial charge in [-0.2, -0.15) is 0 Å². The van der Waals surface area contributed by atoms with Gasteiger partial charge in [0.05, 0.1) is 17.9 Å². The van der Waals surface area contributed by atoms with Gasteiger partial charge in [0.15, 0.2) is 11.6 Å². The minimum Gasteiger partial charge on any atom is -0.359 e. The maximum atomic E-state index is 12.6. The predicted octanol–water partition coefficient (Wildman–Crippen LogP) is 3.18. The molecule has 0 spiro atoms.